The van der Waals surface area contributed by atoms with E-state index in [2.05, 4.69) is 0 Å². The van der Waals surface area contributed by atoms with Crippen LogP contribution in [-0.2, 0) is 9.53 Å². The number of benzene rings is 1. The van der Waals surface area contributed by atoms with Gasteiger partial charge in [-0.05, 0) is 43.5 Å². The summed E-state index contributed by atoms with van der Waals surface area (Å²) in [6.45, 7) is 1.60. The van der Waals surface area contributed by atoms with E-state index >= 15 is 0 Å². The molecular formula is C18H26N2O5. The van der Waals surface area contributed by atoms with Gasteiger partial charge < -0.3 is 25.2 Å². The molecule has 3 N–H and O–H groups in total. The first-order valence-corrected chi connectivity index (χ1v) is 8.40. The Hall–Kier alpha value is -2.12. The van der Waals surface area contributed by atoms with Crippen LogP contribution in [0, 0.1) is 5.41 Å². The highest BCUT2D eigenvalue weighted by atomic mass is 16.5. The lowest BCUT2D eigenvalue weighted by molar-refractivity contribution is -0.119. The van der Waals surface area contributed by atoms with E-state index in [9.17, 15) is 14.7 Å². The number of aliphatic hydroxyl groups excluding tert-OH is 1. The first-order chi connectivity index (χ1) is 12.0. The first-order valence-electron chi connectivity index (χ1n) is 8.40. The summed E-state index contributed by atoms with van der Waals surface area (Å²) in [6, 6.07) is 6.63. The van der Waals surface area contributed by atoms with Crippen molar-refractivity contribution < 1.29 is 24.2 Å². The lowest BCUT2D eigenvalue weighted by atomic mass is 9.78. The van der Waals surface area contributed by atoms with Crippen molar-refractivity contribution in [3.05, 3.63) is 29.8 Å². The van der Waals surface area contributed by atoms with Crippen molar-refractivity contribution in [2.75, 3.05) is 40.0 Å². The molecule has 0 radical (unpaired) electrons. The van der Waals surface area contributed by atoms with Crippen LogP contribution in [0.3, 0.4) is 0 Å². The first kappa shape index (κ1) is 19.2. The zero-order valence-corrected chi connectivity index (χ0v) is 14.6. The normalized spacial score (nSPS) is 20.3. The largest absolute Gasteiger partial charge is 0.484 e. The van der Waals surface area contributed by atoms with Crippen LogP contribution < -0.4 is 10.5 Å². The Bertz CT molecular complexity index is 590. The topological polar surface area (TPSA) is 102 Å². The summed E-state index contributed by atoms with van der Waals surface area (Å²) in [6.07, 6.45) is 2.47. The molecule has 0 aromatic heterocycles. The number of nitrogens with two attached hydrogens (primary N) is 1. The van der Waals surface area contributed by atoms with Crippen molar-refractivity contribution in [3.63, 3.8) is 0 Å². The highest BCUT2D eigenvalue weighted by Crippen LogP contribution is 2.33. The molecule has 7 heteroatoms. The molecule has 1 saturated heterocycles. The van der Waals surface area contributed by atoms with E-state index in [1.165, 1.54) is 0 Å². The number of methoxy groups -OCH3 is 1. The molecule has 1 aromatic rings. The quantitative estimate of drug-likeness (QED) is 0.722. The summed E-state index contributed by atoms with van der Waals surface area (Å²) in [5.74, 6) is -0.139. The predicted octanol–water partition coefficient (Wildman–Crippen LogP) is 0.802. The van der Waals surface area contributed by atoms with Crippen molar-refractivity contribution in [2.45, 2.75) is 19.3 Å². The zero-order valence-electron chi connectivity index (χ0n) is 14.6. The number of aliphatic hydroxyl groups is 1. The van der Waals surface area contributed by atoms with Crippen LogP contribution in [0.5, 0.6) is 5.75 Å². The molecule has 2 amide bonds. The third-order valence-corrected chi connectivity index (χ3v) is 4.60. The van der Waals surface area contributed by atoms with Crippen LogP contribution in [0.2, 0.25) is 0 Å². The van der Waals surface area contributed by atoms with Crippen molar-refractivity contribution in [1.82, 2.24) is 4.90 Å². The van der Waals surface area contributed by atoms with Gasteiger partial charge in [0.2, 0.25) is 0 Å². The molecule has 1 aliphatic rings. The Labute approximate surface area is 147 Å². The number of likely N-dealkylation sites (tertiary alicyclic amines) is 1. The Kier molecular flexibility index (Phi) is 6.78. The Morgan fingerprint density at radius 3 is 2.64 bits per heavy atom. The van der Waals surface area contributed by atoms with Crippen molar-refractivity contribution in [2.24, 2.45) is 11.1 Å². The molecule has 0 spiro atoms. The molecule has 0 aliphatic carbocycles. The van der Waals surface area contributed by atoms with Gasteiger partial charge in [-0.2, -0.15) is 0 Å². The third kappa shape index (κ3) is 5.17. The summed E-state index contributed by atoms with van der Waals surface area (Å²) in [5, 5.41) is 9.83. The molecule has 7 nitrogen and oxygen atoms in total. The van der Waals surface area contributed by atoms with Crippen molar-refractivity contribution in [3.8, 4) is 5.75 Å². The number of carbonyl (C=O) groups is 2. The van der Waals surface area contributed by atoms with E-state index in [0.717, 1.165) is 19.3 Å². The molecule has 1 unspecified atom stereocenters. The maximum atomic E-state index is 12.8. The van der Waals surface area contributed by atoms with Crippen LogP contribution in [-0.4, -0.2) is 61.8 Å². The van der Waals surface area contributed by atoms with Gasteiger partial charge in [0.1, 0.15) is 5.75 Å². The van der Waals surface area contributed by atoms with Gasteiger partial charge in [-0.15, -0.1) is 0 Å². The van der Waals surface area contributed by atoms with Gasteiger partial charge in [-0.25, -0.2) is 0 Å². The van der Waals surface area contributed by atoms with E-state index in [0.29, 0.717) is 31.0 Å². The number of hydrogen-bond donors (Lipinski definition) is 2. The molecule has 0 saturated carbocycles. The number of carbonyl (C=O) groups excluding carboxylic acids is 2. The third-order valence-electron chi connectivity index (χ3n) is 4.60. The van der Waals surface area contributed by atoms with E-state index in [1.807, 2.05) is 0 Å². The lowest BCUT2D eigenvalue weighted by Gasteiger charge is -2.41. The van der Waals surface area contributed by atoms with Crippen molar-refractivity contribution in [1.29, 1.82) is 0 Å². The maximum Gasteiger partial charge on any atom is 0.255 e. The van der Waals surface area contributed by atoms with Crippen LogP contribution in [0.1, 0.15) is 29.6 Å². The van der Waals surface area contributed by atoms with Gasteiger partial charge in [0.15, 0.2) is 6.61 Å². The van der Waals surface area contributed by atoms with E-state index in [1.54, 1.807) is 36.3 Å². The Morgan fingerprint density at radius 1 is 1.32 bits per heavy atom. The molecule has 1 aliphatic heterocycles. The fourth-order valence-electron chi connectivity index (χ4n) is 3.14. The molecule has 1 aromatic carbocycles. The average Bonchev–Trinajstić information content (AvgIpc) is 2.64. The van der Waals surface area contributed by atoms with Gasteiger partial charge in [-0.1, -0.05) is 0 Å². The van der Waals surface area contributed by atoms with E-state index in [4.69, 9.17) is 15.2 Å². The minimum Gasteiger partial charge on any atom is -0.484 e. The molecular weight excluding hydrogens is 324 g/mol. The number of primary amides is 1. The van der Waals surface area contributed by atoms with Gasteiger partial charge in [-0.3, -0.25) is 9.59 Å². The zero-order chi connectivity index (χ0) is 18.3. The summed E-state index contributed by atoms with van der Waals surface area (Å²) in [4.78, 5) is 25.3. The highest BCUT2D eigenvalue weighted by molar-refractivity contribution is 5.94. The second-order valence-electron chi connectivity index (χ2n) is 6.51. The smallest absolute Gasteiger partial charge is 0.255 e. The van der Waals surface area contributed by atoms with Crippen LogP contribution in [0.4, 0.5) is 0 Å². The van der Waals surface area contributed by atoms with Gasteiger partial charge in [0, 0.05) is 37.8 Å². The summed E-state index contributed by atoms with van der Waals surface area (Å²) in [7, 11) is 1.64. The van der Waals surface area contributed by atoms with Crippen LogP contribution in [0.15, 0.2) is 24.3 Å². The molecule has 138 valence electrons. The molecule has 0 bridgehead atoms. The molecule has 1 heterocycles. The van der Waals surface area contributed by atoms with Crippen molar-refractivity contribution >= 4 is 11.8 Å². The molecule has 2 rings (SSSR count). The molecule has 1 atom stereocenters. The minimum absolute atomic E-state index is 0.0417. The SMILES string of the molecule is COCCC1(CO)CCCN(C(=O)c2ccc(OCC(N)=O)cc2)C1. The summed E-state index contributed by atoms with van der Waals surface area (Å²) < 4.78 is 10.3. The maximum absolute atomic E-state index is 12.8. The lowest BCUT2D eigenvalue weighted by Crippen LogP contribution is -2.48. The van der Waals surface area contributed by atoms with E-state index < -0.39 is 5.91 Å². The second-order valence-corrected chi connectivity index (χ2v) is 6.51. The summed E-state index contributed by atoms with van der Waals surface area (Å²) in [5.41, 5.74) is 5.29. The number of rotatable bonds is 8. The van der Waals surface area contributed by atoms with E-state index in [-0.39, 0.29) is 24.5 Å². The fourth-order valence-corrected chi connectivity index (χ4v) is 3.14. The van der Waals surface area contributed by atoms with Gasteiger partial charge in [0.25, 0.3) is 11.8 Å². The summed E-state index contributed by atoms with van der Waals surface area (Å²) >= 11 is 0. The Morgan fingerprint density at radius 2 is 2.04 bits per heavy atom. The van der Waals surface area contributed by atoms with Crippen LogP contribution in [0.25, 0.3) is 0 Å². The number of ether oxygens (including phenoxy) is 2. The number of nitrogens with zero attached hydrogens (tertiary/aromatic N) is 1. The van der Waals surface area contributed by atoms with Gasteiger partial charge >= 0.3 is 0 Å². The average molecular weight is 350 g/mol. The van der Waals surface area contributed by atoms with Gasteiger partial charge in [0.05, 0.1) is 6.61 Å². The number of hydrogen-bond acceptors (Lipinski definition) is 5. The molecule has 1 fully saturated rings. The second kappa shape index (κ2) is 8.82. The number of piperidine rings is 1. The monoisotopic (exact) mass is 350 g/mol. The predicted molar refractivity (Wildman–Crippen MR) is 92.3 cm³/mol. The molecule has 25 heavy (non-hydrogen) atoms. The standard InChI is InChI=1S/C18H26N2O5/c1-24-10-8-18(13-21)7-2-9-20(12-18)17(23)14-3-5-15(6-4-14)25-11-16(19)22/h3-6,21H,2,7-13H2,1H3,(H2,19,22). The van der Waals surface area contributed by atoms with Crippen LogP contribution >= 0.6 is 0 Å². The number of amides is 2. The Balaban J connectivity index is 2.02. The fraction of sp³-hybridized carbons (Fsp3) is 0.556. The highest BCUT2D eigenvalue weighted by Gasteiger charge is 2.36. The minimum atomic E-state index is -0.551.